The van der Waals surface area contributed by atoms with Crippen LogP contribution >= 0.6 is 11.3 Å². The summed E-state index contributed by atoms with van der Waals surface area (Å²) in [5.74, 6) is 2.00. The summed E-state index contributed by atoms with van der Waals surface area (Å²) >= 11 is 1.37. The van der Waals surface area contributed by atoms with Crippen molar-refractivity contribution in [3.8, 4) is 0 Å². The average Bonchev–Trinajstić information content (AvgIpc) is 3.65. The average molecular weight is 504 g/mol. The molecule has 5 aromatic rings. The molecule has 1 aliphatic heterocycles. The van der Waals surface area contributed by atoms with Gasteiger partial charge in [0.25, 0.3) is 5.91 Å². The first-order valence-electron chi connectivity index (χ1n) is 11.8. The van der Waals surface area contributed by atoms with Crippen molar-refractivity contribution in [2.24, 2.45) is 0 Å². The lowest BCUT2D eigenvalue weighted by Crippen LogP contribution is -2.44. The molecule has 1 aliphatic rings. The normalized spacial score (nSPS) is 15.0. The molecule has 36 heavy (non-hydrogen) atoms. The van der Waals surface area contributed by atoms with Crippen LogP contribution in [0.5, 0.6) is 0 Å². The number of likely N-dealkylation sites (tertiary alicyclic amines) is 1. The molecule has 1 saturated heterocycles. The third-order valence-electron chi connectivity index (χ3n) is 6.43. The van der Waals surface area contributed by atoms with Gasteiger partial charge in [0.2, 0.25) is 0 Å². The van der Waals surface area contributed by atoms with Gasteiger partial charge in [-0.3, -0.25) is 14.8 Å². The van der Waals surface area contributed by atoms with E-state index in [0.29, 0.717) is 23.0 Å². The van der Waals surface area contributed by atoms with Gasteiger partial charge in [0.05, 0.1) is 28.5 Å². The van der Waals surface area contributed by atoms with Crippen molar-refractivity contribution >= 4 is 49.9 Å². The van der Waals surface area contributed by atoms with E-state index >= 15 is 0 Å². The molecule has 1 aromatic carbocycles. The van der Waals surface area contributed by atoms with Crippen LogP contribution in [0.15, 0.2) is 53.3 Å². The molecule has 0 unspecified atom stereocenters. The number of anilines is 2. The van der Waals surface area contributed by atoms with E-state index in [1.54, 1.807) is 12.3 Å². The SMILES string of the molecule is O=C(NC1CCN(Cc2ccc(CO)o2)CC1)c1cc2c(Nc3ccc4cn[nH]c4c3)ncnc2s1. The van der Waals surface area contributed by atoms with Crippen LogP contribution in [0.1, 0.15) is 34.0 Å². The lowest BCUT2D eigenvalue weighted by atomic mass is 10.0. The van der Waals surface area contributed by atoms with E-state index in [9.17, 15) is 4.79 Å². The molecule has 4 aromatic heterocycles. The highest BCUT2D eigenvalue weighted by Gasteiger charge is 2.23. The monoisotopic (exact) mass is 503 g/mol. The topological polar surface area (TPSA) is 132 Å². The zero-order valence-corrected chi connectivity index (χ0v) is 20.2. The fraction of sp³-hybridized carbons (Fsp3) is 0.280. The molecule has 0 atom stereocenters. The summed E-state index contributed by atoms with van der Waals surface area (Å²) in [6.07, 6.45) is 5.03. The van der Waals surface area contributed by atoms with Gasteiger partial charge in [-0.15, -0.1) is 11.3 Å². The Hall–Kier alpha value is -3.80. The number of hydrogen-bond acceptors (Lipinski definition) is 9. The number of nitrogens with one attached hydrogen (secondary N) is 3. The smallest absolute Gasteiger partial charge is 0.261 e. The molecular formula is C25H25N7O3S. The highest BCUT2D eigenvalue weighted by atomic mass is 32.1. The van der Waals surface area contributed by atoms with E-state index in [0.717, 1.165) is 58.5 Å². The molecule has 0 radical (unpaired) electrons. The number of hydrogen-bond donors (Lipinski definition) is 4. The molecule has 0 bridgehead atoms. The number of piperidine rings is 1. The summed E-state index contributed by atoms with van der Waals surface area (Å²) in [6.45, 7) is 2.36. The molecular weight excluding hydrogens is 478 g/mol. The van der Waals surface area contributed by atoms with Gasteiger partial charge in [-0.25, -0.2) is 9.97 Å². The fourth-order valence-corrected chi connectivity index (χ4v) is 5.43. The number of aliphatic hydroxyl groups excluding tert-OH is 1. The molecule has 10 nitrogen and oxygen atoms in total. The predicted molar refractivity (Wildman–Crippen MR) is 137 cm³/mol. The van der Waals surface area contributed by atoms with E-state index in [-0.39, 0.29) is 18.6 Å². The van der Waals surface area contributed by atoms with Crippen molar-refractivity contribution in [3.63, 3.8) is 0 Å². The van der Waals surface area contributed by atoms with Crippen LogP contribution in [-0.4, -0.2) is 55.2 Å². The summed E-state index contributed by atoms with van der Waals surface area (Å²) in [6, 6.07) is 11.6. The molecule has 184 valence electrons. The van der Waals surface area contributed by atoms with E-state index < -0.39 is 0 Å². The van der Waals surface area contributed by atoms with Gasteiger partial charge in [-0.1, -0.05) is 0 Å². The summed E-state index contributed by atoms with van der Waals surface area (Å²) in [4.78, 5) is 25.5. The first-order valence-corrected chi connectivity index (χ1v) is 12.6. The number of aromatic amines is 1. The first kappa shape index (κ1) is 22.7. The van der Waals surface area contributed by atoms with Gasteiger partial charge in [0.15, 0.2) is 0 Å². The van der Waals surface area contributed by atoms with Crippen LogP contribution in [0.4, 0.5) is 11.5 Å². The lowest BCUT2D eigenvalue weighted by Gasteiger charge is -2.31. The maximum atomic E-state index is 13.0. The Balaban J connectivity index is 1.09. The molecule has 4 N–H and O–H groups in total. The second kappa shape index (κ2) is 9.69. The van der Waals surface area contributed by atoms with Crippen LogP contribution in [0, 0.1) is 0 Å². The van der Waals surface area contributed by atoms with Crippen LogP contribution in [-0.2, 0) is 13.2 Å². The second-order valence-electron chi connectivity index (χ2n) is 8.90. The number of aromatic nitrogens is 4. The molecule has 1 fully saturated rings. The highest BCUT2D eigenvalue weighted by Crippen LogP contribution is 2.31. The van der Waals surface area contributed by atoms with Crippen LogP contribution in [0.2, 0.25) is 0 Å². The maximum absolute atomic E-state index is 13.0. The zero-order chi connectivity index (χ0) is 24.5. The molecule has 0 aliphatic carbocycles. The Morgan fingerprint density at radius 3 is 2.86 bits per heavy atom. The molecule has 0 saturated carbocycles. The van der Waals surface area contributed by atoms with Crippen molar-refractivity contribution in [2.75, 3.05) is 18.4 Å². The first-order chi connectivity index (χ1) is 17.6. The Kier molecular flexibility index (Phi) is 6.09. The minimum atomic E-state index is -0.0874. The van der Waals surface area contributed by atoms with Crippen molar-refractivity contribution < 1.29 is 14.3 Å². The van der Waals surface area contributed by atoms with Gasteiger partial charge >= 0.3 is 0 Å². The molecule has 11 heteroatoms. The summed E-state index contributed by atoms with van der Waals surface area (Å²) < 4.78 is 5.60. The fourth-order valence-electron chi connectivity index (χ4n) is 4.52. The van der Waals surface area contributed by atoms with Gasteiger partial charge in [0, 0.05) is 30.2 Å². The molecule has 1 amide bonds. The summed E-state index contributed by atoms with van der Waals surface area (Å²) in [5.41, 5.74) is 1.80. The predicted octanol–water partition coefficient (Wildman–Crippen LogP) is 3.79. The Bertz CT molecular complexity index is 1520. The molecule has 5 heterocycles. The van der Waals surface area contributed by atoms with E-state index in [2.05, 4.69) is 35.7 Å². The number of nitrogens with zero attached hydrogens (tertiary/aromatic N) is 4. The van der Waals surface area contributed by atoms with Crippen molar-refractivity contribution in [1.82, 2.24) is 30.4 Å². The maximum Gasteiger partial charge on any atom is 0.261 e. The number of benzene rings is 1. The van der Waals surface area contributed by atoms with Gasteiger partial charge < -0.3 is 20.2 Å². The Morgan fingerprint density at radius 2 is 2.03 bits per heavy atom. The Morgan fingerprint density at radius 1 is 1.17 bits per heavy atom. The van der Waals surface area contributed by atoms with Crippen LogP contribution in [0.25, 0.3) is 21.1 Å². The number of H-pyrrole nitrogens is 1. The zero-order valence-electron chi connectivity index (χ0n) is 19.4. The van der Waals surface area contributed by atoms with Gasteiger partial charge in [0.1, 0.15) is 35.1 Å². The number of thiophene rings is 1. The van der Waals surface area contributed by atoms with Crippen molar-refractivity contribution in [1.29, 1.82) is 0 Å². The van der Waals surface area contributed by atoms with Gasteiger partial charge in [-0.05, 0) is 49.2 Å². The summed E-state index contributed by atoms with van der Waals surface area (Å²) in [5, 5.41) is 24.6. The third kappa shape index (κ3) is 4.68. The van der Waals surface area contributed by atoms with Crippen LogP contribution in [0.3, 0.4) is 0 Å². The number of rotatable bonds is 7. The Labute approximate surface area is 210 Å². The minimum Gasteiger partial charge on any atom is -0.462 e. The largest absolute Gasteiger partial charge is 0.462 e. The number of furan rings is 1. The van der Waals surface area contributed by atoms with Crippen LogP contribution < -0.4 is 10.6 Å². The lowest BCUT2D eigenvalue weighted by molar-refractivity contribution is 0.0910. The highest BCUT2D eigenvalue weighted by molar-refractivity contribution is 7.20. The standard InChI is InChI=1S/C25H25N7O3S/c33-13-19-4-3-18(35-19)12-32-7-5-16(6-8-32)30-24(34)22-10-20-23(26-14-27-25(20)36-22)29-17-2-1-15-11-28-31-21(15)9-17/h1-4,9-11,14,16,33H,5-8,12-13H2,(H,28,31)(H,30,34)(H,26,27,29). The van der Waals surface area contributed by atoms with Crippen molar-refractivity contribution in [3.05, 3.63) is 65.3 Å². The van der Waals surface area contributed by atoms with Crippen molar-refractivity contribution in [2.45, 2.75) is 32.0 Å². The number of amides is 1. The second-order valence-corrected chi connectivity index (χ2v) is 9.93. The van der Waals surface area contributed by atoms with E-state index in [1.807, 2.05) is 30.3 Å². The summed E-state index contributed by atoms with van der Waals surface area (Å²) in [7, 11) is 0. The number of carbonyl (C=O) groups is 1. The van der Waals surface area contributed by atoms with E-state index in [4.69, 9.17) is 9.52 Å². The van der Waals surface area contributed by atoms with E-state index in [1.165, 1.54) is 17.7 Å². The number of carbonyl (C=O) groups excluding carboxylic acids is 1. The minimum absolute atomic E-state index is 0.0834. The molecule has 6 rings (SSSR count). The number of aliphatic hydroxyl groups is 1. The third-order valence-corrected chi connectivity index (χ3v) is 7.48. The quantitative estimate of drug-likeness (QED) is 0.264. The van der Waals surface area contributed by atoms with Gasteiger partial charge in [-0.2, -0.15) is 5.10 Å². The number of fused-ring (bicyclic) bond motifs is 2. The molecule has 0 spiro atoms.